The third kappa shape index (κ3) is 3.70. The Morgan fingerprint density at radius 2 is 2.19 bits per heavy atom. The van der Waals surface area contributed by atoms with Crippen molar-refractivity contribution in [2.45, 2.75) is 32.9 Å². The van der Waals surface area contributed by atoms with E-state index in [-0.39, 0.29) is 6.10 Å². The molecule has 0 aliphatic carbocycles. The van der Waals surface area contributed by atoms with Gasteiger partial charge in [0.25, 0.3) is 0 Å². The molecule has 1 N–H and O–H groups in total. The molecule has 2 atom stereocenters. The predicted molar refractivity (Wildman–Crippen MR) is 68.8 cm³/mol. The van der Waals surface area contributed by atoms with Gasteiger partial charge >= 0.3 is 0 Å². The van der Waals surface area contributed by atoms with E-state index < -0.39 is 0 Å². The van der Waals surface area contributed by atoms with Crippen LogP contribution in [0.1, 0.15) is 32.4 Å². The fourth-order valence-corrected chi connectivity index (χ4v) is 1.54. The van der Waals surface area contributed by atoms with Crippen LogP contribution in [0.2, 0.25) is 0 Å². The molecule has 2 unspecified atom stereocenters. The van der Waals surface area contributed by atoms with Crippen molar-refractivity contribution in [1.29, 1.82) is 0 Å². The normalized spacial score (nSPS) is 14.2. The van der Waals surface area contributed by atoms with Crippen molar-refractivity contribution in [1.82, 2.24) is 5.32 Å². The molecule has 0 bridgehead atoms. The van der Waals surface area contributed by atoms with Gasteiger partial charge in [0.05, 0.1) is 0 Å². The molecule has 2 heteroatoms. The van der Waals surface area contributed by atoms with Crippen molar-refractivity contribution >= 4 is 0 Å². The molecule has 0 amide bonds. The van der Waals surface area contributed by atoms with E-state index in [1.807, 2.05) is 19.1 Å². The van der Waals surface area contributed by atoms with Crippen LogP contribution in [0.3, 0.4) is 0 Å². The summed E-state index contributed by atoms with van der Waals surface area (Å²) in [5, 5.41) is 3.38. The zero-order chi connectivity index (χ0) is 12.0. The van der Waals surface area contributed by atoms with Gasteiger partial charge in [-0.25, -0.2) is 0 Å². The Morgan fingerprint density at radius 1 is 1.44 bits per heavy atom. The summed E-state index contributed by atoms with van der Waals surface area (Å²) in [6.45, 7) is 10.9. The van der Waals surface area contributed by atoms with Crippen LogP contribution in [-0.2, 0) is 0 Å². The Balaban J connectivity index is 2.74. The summed E-state index contributed by atoms with van der Waals surface area (Å²) in [7, 11) is 0. The van der Waals surface area contributed by atoms with Crippen LogP contribution in [0.4, 0.5) is 0 Å². The van der Waals surface area contributed by atoms with Crippen LogP contribution in [-0.4, -0.2) is 12.6 Å². The molecule has 0 saturated heterocycles. The first-order chi connectivity index (χ1) is 7.67. The number of rotatable bonds is 6. The largest absolute Gasteiger partial charge is 0.487 e. The van der Waals surface area contributed by atoms with Gasteiger partial charge in [-0.15, -0.1) is 0 Å². The van der Waals surface area contributed by atoms with E-state index in [0.717, 1.165) is 12.3 Å². The Bertz CT molecular complexity index is 335. The first-order valence-corrected chi connectivity index (χ1v) is 5.80. The average molecular weight is 219 g/mol. The molecule has 0 radical (unpaired) electrons. The molecule has 1 rings (SSSR count). The number of hydrogen-bond acceptors (Lipinski definition) is 2. The molecular formula is C14H21NO. The van der Waals surface area contributed by atoms with Gasteiger partial charge in [-0.05, 0) is 38.1 Å². The molecule has 0 fully saturated rings. The monoisotopic (exact) mass is 219 g/mol. The molecule has 0 heterocycles. The Kier molecular flexibility index (Phi) is 5.06. The highest BCUT2D eigenvalue weighted by Crippen LogP contribution is 2.20. The molecule has 2 nitrogen and oxygen atoms in total. The van der Waals surface area contributed by atoms with E-state index in [4.69, 9.17) is 4.74 Å². The second kappa shape index (κ2) is 6.33. The molecule has 0 aromatic heterocycles. The topological polar surface area (TPSA) is 21.3 Å². The fourth-order valence-electron chi connectivity index (χ4n) is 1.54. The molecule has 0 aliphatic heterocycles. The lowest BCUT2D eigenvalue weighted by Gasteiger charge is -2.15. The van der Waals surface area contributed by atoms with E-state index in [1.165, 1.54) is 5.56 Å². The highest BCUT2D eigenvalue weighted by Gasteiger charge is 2.05. The molecule has 88 valence electrons. The van der Waals surface area contributed by atoms with Gasteiger partial charge in [0, 0.05) is 6.04 Å². The number of benzene rings is 1. The average Bonchev–Trinajstić information content (AvgIpc) is 2.29. The maximum absolute atomic E-state index is 5.69. The van der Waals surface area contributed by atoms with Crippen LogP contribution in [0.15, 0.2) is 36.9 Å². The van der Waals surface area contributed by atoms with E-state index >= 15 is 0 Å². The number of nitrogens with one attached hydrogen (secondary N) is 1. The summed E-state index contributed by atoms with van der Waals surface area (Å²) < 4.78 is 5.69. The maximum atomic E-state index is 5.69. The maximum Gasteiger partial charge on any atom is 0.120 e. The Labute approximate surface area is 98.3 Å². The molecule has 0 aliphatic rings. The first kappa shape index (κ1) is 12.8. The molecule has 0 saturated carbocycles. The molecule has 16 heavy (non-hydrogen) atoms. The van der Waals surface area contributed by atoms with Crippen molar-refractivity contribution in [2.75, 3.05) is 6.54 Å². The minimum absolute atomic E-state index is 0.0460. The minimum Gasteiger partial charge on any atom is -0.487 e. The van der Waals surface area contributed by atoms with Gasteiger partial charge in [0.15, 0.2) is 0 Å². The molecule has 0 spiro atoms. The molecular weight excluding hydrogens is 198 g/mol. The highest BCUT2D eigenvalue weighted by molar-refractivity contribution is 5.30. The number of hydrogen-bond donors (Lipinski definition) is 1. The summed E-state index contributed by atoms with van der Waals surface area (Å²) >= 11 is 0. The quantitative estimate of drug-likeness (QED) is 0.741. The van der Waals surface area contributed by atoms with Gasteiger partial charge in [0.2, 0.25) is 0 Å². The van der Waals surface area contributed by atoms with Crippen LogP contribution in [0.25, 0.3) is 0 Å². The van der Waals surface area contributed by atoms with Gasteiger partial charge < -0.3 is 10.1 Å². The van der Waals surface area contributed by atoms with Crippen molar-refractivity contribution in [3.05, 3.63) is 42.5 Å². The summed E-state index contributed by atoms with van der Waals surface area (Å²) in [4.78, 5) is 0. The third-order valence-electron chi connectivity index (χ3n) is 2.52. The van der Waals surface area contributed by atoms with Crippen LogP contribution in [0, 0.1) is 0 Å². The van der Waals surface area contributed by atoms with Gasteiger partial charge in [-0.3, -0.25) is 0 Å². The van der Waals surface area contributed by atoms with Crippen molar-refractivity contribution in [2.24, 2.45) is 0 Å². The lowest BCUT2D eigenvalue weighted by atomic mass is 10.1. The minimum atomic E-state index is 0.0460. The zero-order valence-corrected chi connectivity index (χ0v) is 10.4. The highest BCUT2D eigenvalue weighted by atomic mass is 16.5. The second-order valence-corrected chi connectivity index (χ2v) is 3.91. The van der Waals surface area contributed by atoms with Gasteiger partial charge in [0.1, 0.15) is 11.9 Å². The second-order valence-electron chi connectivity index (χ2n) is 3.91. The predicted octanol–water partition coefficient (Wildman–Crippen LogP) is 3.31. The van der Waals surface area contributed by atoms with E-state index in [1.54, 1.807) is 6.08 Å². The summed E-state index contributed by atoms with van der Waals surface area (Å²) in [6.07, 6.45) is 1.84. The first-order valence-electron chi connectivity index (χ1n) is 5.80. The SMILES string of the molecule is C=CC(C)Oc1cccc(C(C)NCC)c1. The summed E-state index contributed by atoms with van der Waals surface area (Å²) in [5.41, 5.74) is 1.25. The van der Waals surface area contributed by atoms with E-state index in [0.29, 0.717) is 6.04 Å². The van der Waals surface area contributed by atoms with Gasteiger partial charge in [-0.2, -0.15) is 0 Å². The van der Waals surface area contributed by atoms with Crippen molar-refractivity contribution in [3.8, 4) is 5.75 Å². The van der Waals surface area contributed by atoms with Crippen LogP contribution >= 0.6 is 0 Å². The lowest BCUT2D eigenvalue weighted by Crippen LogP contribution is -2.17. The molecule has 1 aromatic rings. The standard InChI is InChI=1S/C14H21NO/c1-5-11(3)16-14-9-7-8-13(10-14)12(4)15-6-2/h5,7-12,15H,1,6H2,2-4H3. The number of ether oxygens (including phenoxy) is 1. The summed E-state index contributed by atoms with van der Waals surface area (Å²) in [5.74, 6) is 0.898. The van der Waals surface area contributed by atoms with E-state index in [2.05, 4.69) is 37.9 Å². The van der Waals surface area contributed by atoms with Crippen LogP contribution in [0.5, 0.6) is 5.75 Å². The third-order valence-corrected chi connectivity index (χ3v) is 2.52. The van der Waals surface area contributed by atoms with Gasteiger partial charge in [-0.1, -0.05) is 31.7 Å². The molecule has 1 aromatic carbocycles. The lowest BCUT2D eigenvalue weighted by molar-refractivity contribution is 0.270. The Morgan fingerprint density at radius 3 is 2.81 bits per heavy atom. The van der Waals surface area contributed by atoms with Crippen molar-refractivity contribution in [3.63, 3.8) is 0 Å². The van der Waals surface area contributed by atoms with E-state index in [9.17, 15) is 0 Å². The van der Waals surface area contributed by atoms with Crippen molar-refractivity contribution < 1.29 is 4.74 Å². The summed E-state index contributed by atoms with van der Waals surface area (Å²) in [6, 6.07) is 8.54. The fraction of sp³-hybridized carbons (Fsp3) is 0.429. The smallest absolute Gasteiger partial charge is 0.120 e. The Hall–Kier alpha value is -1.28. The zero-order valence-electron chi connectivity index (χ0n) is 10.4. The van der Waals surface area contributed by atoms with Crippen LogP contribution < -0.4 is 10.1 Å².